The van der Waals surface area contributed by atoms with E-state index >= 15 is 0 Å². The first kappa shape index (κ1) is 22.4. The van der Waals surface area contributed by atoms with Crippen LogP contribution in [0.1, 0.15) is 58.9 Å². The van der Waals surface area contributed by atoms with E-state index in [9.17, 15) is 22.0 Å². The molecule has 0 fully saturated rings. The summed E-state index contributed by atoms with van der Waals surface area (Å²) in [6, 6.07) is 13.2. The summed E-state index contributed by atoms with van der Waals surface area (Å²) in [7, 11) is 0. The second kappa shape index (κ2) is 8.98. The largest absolute Gasteiger partial charge is 0.416 e. The number of rotatable bonds is 5. The van der Waals surface area contributed by atoms with E-state index < -0.39 is 24.5 Å². The second-order valence-corrected chi connectivity index (χ2v) is 8.03. The minimum absolute atomic E-state index is 0.0454. The maximum absolute atomic E-state index is 13.5. The molecule has 0 radical (unpaired) electrons. The fraction of sp³-hybridized carbons (Fsp3) is 0.320. The Kier molecular flexibility index (Phi) is 6.29. The van der Waals surface area contributed by atoms with Gasteiger partial charge in [-0.3, -0.25) is 4.98 Å². The summed E-state index contributed by atoms with van der Waals surface area (Å²) < 4.78 is 72.9. The molecule has 1 aromatic heterocycles. The number of halogens is 5. The molecule has 7 heteroatoms. The smallest absolute Gasteiger partial charge is 0.370 e. The van der Waals surface area contributed by atoms with Gasteiger partial charge in [0.15, 0.2) is 0 Å². The molecule has 1 aliphatic carbocycles. The molecule has 32 heavy (non-hydrogen) atoms. The van der Waals surface area contributed by atoms with Gasteiger partial charge in [-0.2, -0.15) is 13.2 Å². The first-order valence-electron chi connectivity index (χ1n) is 10.4. The second-order valence-electron chi connectivity index (χ2n) is 8.03. The van der Waals surface area contributed by atoms with Crippen LogP contribution < -0.4 is 0 Å². The van der Waals surface area contributed by atoms with Crippen molar-refractivity contribution in [1.82, 2.24) is 4.98 Å². The van der Waals surface area contributed by atoms with Crippen LogP contribution in [0, 0.1) is 5.82 Å². The quantitative estimate of drug-likeness (QED) is 0.396. The van der Waals surface area contributed by atoms with Crippen molar-refractivity contribution >= 4 is 0 Å². The van der Waals surface area contributed by atoms with Crippen molar-refractivity contribution in [1.29, 1.82) is 0 Å². The molecular weight excluding hydrogens is 425 g/mol. The molecule has 4 rings (SSSR count). The Bertz CT molecular complexity index is 1080. The van der Waals surface area contributed by atoms with E-state index in [0.717, 1.165) is 29.0 Å². The summed E-state index contributed by atoms with van der Waals surface area (Å²) in [6.45, 7) is 0.662. The minimum Gasteiger partial charge on any atom is -0.370 e. The highest BCUT2D eigenvalue weighted by Crippen LogP contribution is 2.40. The number of ether oxygens (including phenoxy) is 1. The molecule has 0 saturated heterocycles. The standard InChI is InChI=1S/C25H22F5NO/c1-15(19-11-16(14-26)12-20(13-19)25(28,29)30)32-22-9-6-18-3-2-10-31-24(18)23(22)17-4-7-21(27)8-5-17/h2-5,7-8,10-13,15,22-23H,6,9,14H2,1H3/t15?,22-,23+/m0/s1. The maximum Gasteiger partial charge on any atom is 0.416 e. The highest BCUT2D eigenvalue weighted by molar-refractivity contribution is 5.38. The topological polar surface area (TPSA) is 22.1 Å². The van der Waals surface area contributed by atoms with E-state index in [4.69, 9.17) is 4.74 Å². The summed E-state index contributed by atoms with van der Waals surface area (Å²) in [5, 5.41) is 0. The zero-order chi connectivity index (χ0) is 22.9. The number of alkyl halides is 4. The summed E-state index contributed by atoms with van der Waals surface area (Å²) in [4.78, 5) is 4.53. The monoisotopic (exact) mass is 447 g/mol. The van der Waals surface area contributed by atoms with Crippen molar-refractivity contribution in [3.05, 3.63) is 100 Å². The van der Waals surface area contributed by atoms with Gasteiger partial charge in [-0.05, 0) is 72.4 Å². The SMILES string of the molecule is CC(O[C@H]1CCc2cccnc2[C@@H]1c1ccc(F)cc1)c1cc(CF)cc(C(F)(F)F)c1. The van der Waals surface area contributed by atoms with Gasteiger partial charge in [0.1, 0.15) is 12.5 Å². The zero-order valence-electron chi connectivity index (χ0n) is 17.4. The van der Waals surface area contributed by atoms with Crippen LogP contribution in [0.15, 0.2) is 60.8 Å². The van der Waals surface area contributed by atoms with Crippen molar-refractivity contribution in [2.24, 2.45) is 0 Å². The van der Waals surface area contributed by atoms with Gasteiger partial charge in [-0.25, -0.2) is 8.78 Å². The molecule has 2 aromatic carbocycles. The Morgan fingerprint density at radius 2 is 1.84 bits per heavy atom. The lowest BCUT2D eigenvalue weighted by Crippen LogP contribution is -2.31. The lowest BCUT2D eigenvalue weighted by molar-refractivity contribution is -0.137. The van der Waals surface area contributed by atoms with Crippen LogP contribution in [0.25, 0.3) is 0 Å². The highest BCUT2D eigenvalue weighted by atomic mass is 19.4. The Hall–Kier alpha value is -2.80. The van der Waals surface area contributed by atoms with Crippen LogP contribution in [0.4, 0.5) is 22.0 Å². The van der Waals surface area contributed by atoms with Crippen molar-refractivity contribution in [2.75, 3.05) is 0 Å². The van der Waals surface area contributed by atoms with Crippen LogP contribution in [0.3, 0.4) is 0 Å². The molecular formula is C25H22F5NO. The fourth-order valence-electron chi connectivity index (χ4n) is 4.31. The predicted octanol–water partition coefficient (Wildman–Crippen LogP) is 6.93. The fourth-order valence-corrected chi connectivity index (χ4v) is 4.31. The van der Waals surface area contributed by atoms with Crippen LogP contribution in [0.5, 0.6) is 0 Å². The van der Waals surface area contributed by atoms with Gasteiger partial charge < -0.3 is 4.74 Å². The van der Waals surface area contributed by atoms with Crippen molar-refractivity contribution in [2.45, 2.75) is 50.7 Å². The molecule has 0 saturated carbocycles. The molecule has 1 aliphatic rings. The normalized spacial score (nSPS) is 19.4. The number of hydrogen-bond acceptors (Lipinski definition) is 2. The van der Waals surface area contributed by atoms with Gasteiger partial charge >= 0.3 is 6.18 Å². The summed E-state index contributed by atoms with van der Waals surface area (Å²) in [5.41, 5.74) is 2.01. The Morgan fingerprint density at radius 3 is 2.53 bits per heavy atom. The van der Waals surface area contributed by atoms with E-state index in [0.29, 0.717) is 12.8 Å². The molecule has 1 heterocycles. The number of benzene rings is 2. The summed E-state index contributed by atoms with van der Waals surface area (Å²) >= 11 is 0. The molecule has 3 atom stereocenters. The number of aryl methyl sites for hydroxylation is 1. The number of nitrogens with zero attached hydrogens (tertiary/aromatic N) is 1. The summed E-state index contributed by atoms with van der Waals surface area (Å²) in [5.74, 6) is -0.659. The van der Waals surface area contributed by atoms with Crippen LogP contribution in [-0.4, -0.2) is 11.1 Å². The van der Waals surface area contributed by atoms with Gasteiger partial charge in [-0.1, -0.05) is 24.3 Å². The van der Waals surface area contributed by atoms with E-state index in [1.165, 1.54) is 18.2 Å². The lowest BCUT2D eigenvalue weighted by atomic mass is 9.79. The highest BCUT2D eigenvalue weighted by Gasteiger charge is 2.35. The maximum atomic E-state index is 13.5. The molecule has 0 N–H and O–H groups in total. The average Bonchev–Trinajstić information content (AvgIpc) is 2.78. The van der Waals surface area contributed by atoms with Crippen LogP contribution >= 0.6 is 0 Å². The third kappa shape index (κ3) is 4.67. The molecule has 0 bridgehead atoms. The van der Waals surface area contributed by atoms with Gasteiger partial charge in [0.05, 0.1) is 29.4 Å². The Balaban J connectivity index is 1.67. The Labute approximate surface area is 183 Å². The Morgan fingerprint density at radius 1 is 1.09 bits per heavy atom. The molecule has 3 aromatic rings. The van der Waals surface area contributed by atoms with Gasteiger partial charge in [-0.15, -0.1) is 0 Å². The van der Waals surface area contributed by atoms with Gasteiger partial charge in [0.25, 0.3) is 0 Å². The third-order valence-electron chi connectivity index (χ3n) is 5.86. The van der Waals surface area contributed by atoms with Crippen molar-refractivity contribution in [3.63, 3.8) is 0 Å². The van der Waals surface area contributed by atoms with Crippen LogP contribution in [0.2, 0.25) is 0 Å². The number of pyridine rings is 1. The predicted molar refractivity (Wildman–Crippen MR) is 110 cm³/mol. The van der Waals surface area contributed by atoms with Gasteiger partial charge in [0.2, 0.25) is 0 Å². The van der Waals surface area contributed by atoms with E-state index in [1.807, 2.05) is 12.1 Å². The molecule has 2 nitrogen and oxygen atoms in total. The number of aromatic nitrogens is 1. The molecule has 0 spiro atoms. The average molecular weight is 447 g/mol. The van der Waals surface area contributed by atoms with E-state index in [1.54, 1.807) is 25.3 Å². The molecule has 1 unspecified atom stereocenters. The van der Waals surface area contributed by atoms with Gasteiger partial charge in [0, 0.05) is 6.20 Å². The number of hydrogen-bond donors (Lipinski definition) is 0. The number of fused-ring (bicyclic) bond motifs is 1. The van der Waals surface area contributed by atoms with Crippen molar-refractivity contribution in [3.8, 4) is 0 Å². The molecule has 168 valence electrons. The molecule has 0 amide bonds. The van der Waals surface area contributed by atoms with E-state index in [-0.39, 0.29) is 29.0 Å². The lowest BCUT2D eigenvalue weighted by Gasteiger charge is -2.35. The zero-order valence-corrected chi connectivity index (χ0v) is 17.4. The van der Waals surface area contributed by atoms with Crippen LogP contribution in [-0.2, 0) is 24.0 Å². The minimum atomic E-state index is -4.58. The summed E-state index contributed by atoms with van der Waals surface area (Å²) in [6.07, 6.45) is -2.66. The third-order valence-corrected chi connectivity index (χ3v) is 5.86. The first-order valence-corrected chi connectivity index (χ1v) is 10.4. The van der Waals surface area contributed by atoms with Crippen molar-refractivity contribution < 1.29 is 26.7 Å². The molecule has 0 aliphatic heterocycles. The van der Waals surface area contributed by atoms with E-state index in [2.05, 4.69) is 4.98 Å². The first-order chi connectivity index (χ1) is 15.3.